The molecule has 0 heterocycles. The summed E-state index contributed by atoms with van der Waals surface area (Å²) in [5.74, 6) is -0.165. The molecule has 0 saturated carbocycles. The van der Waals surface area contributed by atoms with Crippen LogP contribution in [0.5, 0.6) is 0 Å². The molecule has 0 aromatic heterocycles. The zero-order valence-corrected chi connectivity index (χ0v) is 7.89. The first-order valence-electron chi connectivity index (χ1n) is 4.34. The van der Waals surface area contributed by atoms with Crippen molar-refractivity contribution in [3.05, 3.63) is 34.6 Å². The van der Waals surface area contributed by atoms with E-state index in [1.165, 1.54) is 6.07 Å². The number of hydroxylamine groups is 1. The summed E-state index contributed by atoms with van der Waals surface area (Å²) >= 11 is 0. The van der Waals surface area contributed by atoms with Gasteiger partial charge in [-0.3, -0.25) is 0 Å². The minimum absolute atomic E-state index is 0.165. The highest BCUT2D eigenvalue weighted by molar-refractivity contribution is 5.32. The van der Waals surface area contributed by atoms with E-state index in [1.807, 2.05) is 13.8 Å². The van der Waals surface area contributed by atoms with Crippen molar-refractivity contribution < 1.29 is 9.60 Å². The van der Waals surface area contributed by atoms with Gasteiger partial charge in [-0.1, -0.05) is 13.0 Å². The van der Waals surface area contributed by atoms with E-state index in [1.54, 1.807) is 6.07 Å². The van der Waals surface area contributed by atoms with Crippen molar-refractivity contribution in [3.63, 3.8) is 0 Å². The Kier molecular flexibility index (Phi) is 3.39. The first kappa shape index (κ1) is 10.2. The first-order chi connectivity index (χ1) is 6.19. The molecular formula is C10H14FNO. The predicted molar refractivity (Wildman–Crippen MR) is 49.1 cm³/mol. The normalized spacial score (nSPS) is 10.5. The molecule has 0 bridgehead atoms. The maximum atomic E-state index is 13.2. The van der Waals surface area contributed by atoms with Gasteiger partial charge < -0.3 is 5.21 Å². The van der Waals surface area contributed by atoms with Crippen molar-refractivity contribution in [2.75, 3.05) is 0 Å². The van der Waals surface area contributed by atoms with E-state index >= 15 is 0 Å². The van der Waals surface area contributed by atoms with Crippen molar-refractivity contribution in [1.82, 2.24) is 5.48 Å². The second-order valence-electron chi connectivity index (χ2n) is 3.06. The number of hydrogen-bond acceptors (Lipinski definition) is 2. The Morgan fingerprint density at radius 2 is 2.08 bits per heavy atom. The molecule has 0 fully saturated rings. The predicted octanol–water partition coefficient (Wildman–Crippen LogP) is 2.18. The van der Waals surface area contributed by atoms with Crippen LogP contribution in [0.4, 0.5) is 4.39 Å². The zero-order chi connectivity index (χ0) is 9.84. The molecule has 0 atom stereocenters. The van der Waals surface area contributed by atoms with Gasteiger partial charge in [-0.2, -0.15) is 0 Å². The lowest BCUT2D eigenvalue weighted by molar-refractivity contribution is 0.161. The molecule has 0 aliphatic carbocycles. The number of benzene rings is 1. The van der Waals surface area contributed by atoms with Crippen LogP contribution in [0.3, 0.4) is 0 Å². The van der Waals surface area contributed by atoms with Crippen LogP contribution in [-0.2, 0) is 13.0 Å². The fourth-order valence-electron chi connectivity index (χ4n) is 1.32. The molecule has 1 rings (SSSR count). The topological polar surface area (TPSA) is 32.3 Å². The van der Waals surface area contributed by atoms with Crippen LogP contribution in [0, 0.1) is 12.7 Å². The number of halogens is 1. The van der Waals surface area contributed by atoms with Crippen LogP contribution in [0.25, 0.3) is 0 Å². The smallest absolute Gasteiger partial charge is 0.126 e. The number of hydrogen-bond donors (Lipinski definition) is 2. The molecular weight excluding hydrogens is 169 g/mol. The van der Waals surface area contributed by atoms with Crippen molar-refractivity contribution in [2.24, 2.45) is 0 Å². The molecule has 0 unspecified atom stereocenters. The van der Waals surface area contributed by atoms with Crippen LogP contribution in [0.1, 0.15) is 23.6 Å². The van der Waals surface area contributed by atoms with Gasteiger partial charge >= 0.3 is 0 Å². The largest absolute Gasteiger partial charge is 0.316 e. The molecule has 3 heteroatoms. The zero-order valence-electron chi connectivity index (χ0n) is 7.89. The summed E-state index contributed by atoms with van der Waals surface area (Å²) in [5, 5.41) is 8.53. The first-order valence-corrected chi connectivity index (χ1v) is 4.34. The van der Waals surface area contributed by atoms with E-state index < -0.39 is 0 Å². The molecule has 0 amide bonds. The van der Waals surface area contributed by atoms with Crippen molar-refractivity contribution in [3.8, 4) is 0 Å². The van der Waals surface area contributed by atoms with Gasteiger partial charge in [0.15, 0.2) is 0 Å². The maximum Gasteiger partial charge on any atom is 0.126 e. The Bertz CT molecular complexity index is 299. The third kappa shape index (κ3) is 2.26. The average molecular weight is 183 g/mol. The highest BCUT2D eigenvalue weighted by atomic mass is 19.1. The second-order valence-corrected chi connectivity index (χ2v) is 3.06. The SMILES string of the molecule is CCc1cc(CNO)c(C)cc1F. The number of rotatable bonds is 3. The molecule has 2 nitrogen and oxygen atoms in total. The summed E-state index contributed by atoms with van der Waals surface area (Å²) < 4.78 is 13.2. The minimum atomic E-state index is -0.165. The molecule has 0 aliphatic rings. The molecule has 1 aromatic carbocycles. The summed E-state index contributed by atoms with van der Waals surface area (Å²) in [7, 11) is 0. The van der Waals surface area contributed by atoms with E-state index in [4.69, 9.17) is 5.21 Å². The van der Waals surface area contributed by atoms with Gasteiger partial charge in [0.1, 0.15) is 5.82 Å². The molecule has 1 aromatic rings. The third-order valence-corrected chi connectivity index (χ3v) is 2.16. The molecule has 2 N–H and O–H groups in total. The van der Waals surface area contributed by atoms with E-state index in [0.717, 1.165) is 11.1 Å². The summed E-state index contributed by atoms with van der Waals surface area (Å²) in [4.78, 5) is 0. The standard InChI is InChI=1S/C10H14FNO/c1-3-8-5-9(6-12-13)7(2)4-10(8)11/h4-5,12-13H,3,6H2,1-2H3. The molecule has 0 saturated heterocycles. The summed E-state index contributed by atoms with van der Waals surface area (Å²) in [6, 6.07) is 3.29. The van der Waals surface area contributed by atoms with Crippen molar-refractivity contribution >= 4 is 0 Å². The van der Waals surface area contributed by atoms with Gasteiger partial charge in [0.2, 0.25) is 0 Å². The van der Waals surface area contributed by atoms with Crippen LogP contribution >= 0.6 is 0 Å². The number of aryl methyl sites for hydroxylation is 2. The van der Waals surface area contributed by atoms with Gasteiger partial charge in [-0.25, -0.2) is 9.87 Å². The van der Waals surface area contributed by atoms with Crippen molar-refractivity contribution in [1.29, 1.82) is 0 Å². The summed E-state index contributed by atoms with van der Waals surface area (Å²) in [5.41, 5.74) is 4.55. The van der Waals surface area contributed by atoms with Crippen LogP contribution in [0.2, 0.25) is 0 Å². The van der Waals surface area contributed by atoms with Gasteiger partial charge in [-0.05, 0) is 36.1 Å². The Hall–Kier alpha value is -0.930. The van der Waals surface area contributed by atoms with E-state index in [9.17, 15) is 4.39 Å². The Morgan fingerprint density at radius 3 is 2.62 bits per heavy atom. The molecule has 0 spiro atoms. The Morgan fingerprint density at radius 1 is 1.38 bits per heavy atom. The van der Waals surface area contributed by atoms with E-state index in [-0.39, 0.29) is 5.82 Å². The van der Waals surface area contributed by atoms with E-state index in [0.29, 0.717) is 18.5 Å². The lowest BCUT2D eigenvalue weighted by atomic mass is 10.0. The van der Waals surface area contributed by atoms with Gasteiger partial charge in [-0.15, -0.1) is 0 Å². The summed E-state index contributed by atoms with van der Waals surface area (Å²) in [6.45, 7) is 4.10. The quantitative estimate of drug-likeness (QED) is 0.704. The summed E-state index contributed by atoms with van der Waals surface area (Å²) in [6.07, 6.45) is 0.671. The Labute approximate surface area is 77.4 Å². The monoisotopic (exact) mass is 183 g/mol. The van der Waals surface area contributed by atoms with Crippen LogP contribution < -0.4 is 5.48 Å². The molecule has 72 valence electrons. The van der Waals surface area contributed by atoms with E-state index in [2.05, 4.69) is 5.48 Å². The lowest BCUT2D eigenvalue weighted by Gasteiger charge is -2.07. The fourth-order valence-corrected chi connectivity index (χ4v) is 1.32. The number of nitrogens with one attached hydrogen (secondary N) is 1. The van der Waals surface area contributed by atoms with Gasteiger partial charge in [0, 0.05) is 6.54 Å². The van der Waals surface area contributed by atoms with Gasteiger partial charge in [0.05, 0.1) is 0 Å². The van der Waals surface area contributed by atoms with Crippen LogP contribution in [-0.4, -0.2) is 5.21 Å². The van der Waals surface area contributed by atoms with Crippen LogP contribution in [0.15, 0.2) is 12.1 Å². The Balaban J connectivity index is 3.06. The molecule has 0 radical (unpaired) electrons. The highest BCUT2D eigenvalue weighted by Crippen LogP contribution is 2.15. The second kappa shape index (κ2) is 4.35. The molecule has 13 heavy (non-hydrogen) atoms. The third-order valence-electron chi connectivity index (χ3n) is 2.16. The molecule has 0 aliphatic heterocycles. The average Bonchev–Trinajstić information content (AvgIpc) is 2.10. The maximum absolute atomic E-state index is 13.2. The fraction of sp³-hybridized carbons (Fsp3) is 0.400. The minimum Gasteiger partial charge on any atom is -0.316 e. The van der Waals surface area contributed by atoms with Gasteiger partial charge in [0.25, 0.3) is 0 Å². The van der Waals surface area contributed by atoms with Crippen molar-refractivity contribution in [2.45, 2.75) is 26.8 Å². The lowest BCUT2D eigenvalue weighted by Crippen LogP contribution is -2.08. The highest BCUT2D eigenvalue weighted by Gasteiger charge is 2.04.